The van der Waals surface area contributed by atoms with Crippen molar-refractivity contribution in [1.29, 1.82) is 0 Å². The van der Waals surface area contributed by atoms with Crippen LogP contribution in [-0.4, -0.2) is 67.2 Å². The van der Waals surface area contributed by atoms with Crippen LogP contribution in [0.25, 0.3) is 10.9 Å². The Bertz CT molecular complexity index is 1880. The first-order valence-corrected chi connectivity index (χ1v) is 19.6. The Hall–Kier alpha value is -3.37. The molecule has 4 heterocycles. The van der Waals surface area contributed by atoms with E-state index in [9.17, 15) is 18.0 Å². The van der Waals surface area contributed by atoms with Gasteiger partial charge >= 0.3 is 0 Å². The Labute approximate surface area is 283 Å². The molecular formula is C38H48N4O5S. The number of fused-ring (bicyclic) bond motifs is 6. The molecule has 9 nitrogen and oxygen atoms in total. The number of carbonyl (C=O) groups is 2. The van der Waals surface area contributed by atoms with Crippen LogP contribution < -0.4 is 14.8 Å². The summed E-state index contributed by atoms with van der Waals surface area (Å²) in [6, 6.07) is 6.55. The number of ether oxygens (including phenoxy) is 1. The first kappa shape index (κ1) is 31.9. The molecule has 0 radical (unpaired) electrons. The molecule has 48 heavy (non-hydrogen) atoms. The molecule has 2 N–H and O–H groups in total. The van der Waals surface area contributed by atoms with E-state index in [1.807, 2.05) is 0 Å². The monoisotopic (exact) mass is 672 g/mol. The van der Waals surface area contributed by atoms with Crippen molar-refractivity contribution in [3.05, 3.63) is 63.9 Å². The summed E-state index contributed by atoms with van der Waals surface area (Å²) in [5.41, 5.74) is 6.78. The van der Waals surface area contributed by atoms with Crippen molar-refractivity contribution >= 4 is 32.7 Å². The van der Waals surface area contributed by atoms with Gasteiger partial charge in [-0.25, -0.2) is 13.1 Å². The largest absolute Gasteiger partial charge is 0.496 e. The average Bonchev–Trinajstić information content (AvgIpc) is 3.47. The zero-order chi connectivity index (χ0) is 33.4. The molecule has 1 unspecified atom stereocenters. The number of aromatic nitrogens is 1. The highest BCUT2D eigenvalue weighted by atomic mass is 32.2. The summed E-state index contributed by atoms with van der Waals surface area (Å²) in [6.45, 7) is 6.15. The van der Waals surface area contributed by atoms with Crippen LogP contribution >= 0.6 is 0 Å². The van der Waals surface area contributed by atoms with Crippen LogP contribution in [0.5, 0.6) is 5.75 Å². The number of amides is 2. The number of nitrogens with zero attached hydrogens (tertiary/aromatic N) is 2. The van der Waals surface area contributed by atoms with Crippen molar-refractivity contribution in [2.75, 3.05) is 26.7 Å². The van der Waals surface area contributed by atoms with Gasteiger partial charge in [0.1, 0.15) is 5.75 Å². The lowest BCUT2D eigenvalue weighted by Gasteiger charge is -2.42. The number of rotatable bonds is 6. The van der Waals surface area contributed by atoms with Crippen molar-refractivity contribution in [2.45, 2.75) is 107 Å². The van der Waals surface area contributed by atoms with E-state index < -0.39 is 21.2 Å². The zero-order valence-electron chi connectivity index (χ0n) is 28.4. The molecule has 1 saturated carbocycles. The average molecular weight is 673 g/mol. The number of methoxy groups -OCH3 is 1. The predicted octanol–water partition coefficient (Wildman–Crippen LogP) is 5.58. The molecule has 2 saturated heterocycles. The van der Waals surface area contributed by atoms with Gasteiger partial charge in [-0.2, -0.15) is 0 Å². The van der Waals surface area contributed by atoms with Gasteiger partial charge in [0.25, 0.3) is 5.91 Å². The number of allylic oxidation sites excluding steroid dienone is 4. The number of sulfonamides is 1. The smallest absolute Gasteiger partial charge is 0.265 e. The molecule has 8 rings (SSSR count). The van der Waals surface area contributed by atoms with Crippen LogP contribution in [0.1, 0.15) is 101 Å². The summed E-state index contributed by atoms with van der Waals surface area (Å²) in [5, 5.41) is 4.04. The van der Waals surface area contributed by atoms with Crippen LogP contribution in [0.15, 0.2) is 52.6 Å². The summed E-state index contributed by atoms with van der Waals surface area (Å²) in [4.78, 5) is 30.4. The molecule has 256 valence electrons. The van der Waals surface area contributed by atoms with Crippen molar-refractivity contribution in [2.24, 2.45) is 5.92 Å². The summed E-state index contributed by atoms with van der Waals surface area (Å²) in [5.74, 6) is 0.252. The van der Waals surface area contributed by atoms with Crippen LogP contribution in [0.2, 0.25) is 0 Å². The minimum absolute atomic E-state index is 0.169. The second-order valence-corrected chi connectivity index (χ2v) is 17.4. The van der Waals surface area contributed by atoms with E-state index >= 15 is 0 Å². The Morgan fingerprint density at radius 3 is 2.52 bits per heavy atom. The SMILES string of the molecule is COc1ccc(C2CCCCC2)c2c1cc1n2CC2=C(C(=O)NS(=O)(=O)C(C)C)C2=C2C=CC[C@@H](C(=O)N3CCC4(CCCN4)CC3)C21. The lowest BCUT2D eigenvalue weighted by Crippen LogP contribution is -2.53. The number of hydrogen-bond donors (Lipinski definition) is 2. The fourth-order valence-corrected chi connectivity index (χ4v) is 10.1. The Morgan fingerprint density at radius 1 is 1.06 bits per heavy atom. The molecule has 1 aromatic heterocycles. The minimum atomic E-state index is -3.81. The van der Waals surface area contributed by atoms with Gasteiger partial charge in [-0.15, -0.1) is 0 Å². The van der Waals surface area contributed by atoms with Gasteiger partial charge in [0.15, 0.2) is 0 Å². The number of piperidine rings is 1. The summed E-state index contributed by atoms with van der Waals surface area (Å²) in [6.07, 6.45) is 15.0. The molecule has 1 spiro atoms. The van der Waals surface area contributed by atoms with Crippen LogP contribution in [0.3, 0.4) is 0 Å². The number of carbonyl (C=O) groups excluding carboxylic acids is 2. The van der Waals surface area contributed by atoms with E-state index in [0.717, 1.165) is 84.4 Å². The van der Waals surface area contributed by atoms with E-state index in [1.165, 1.54) is 37.7 Å². The molecule has 2 aromatic rings. The van der Waals surface area contributed by atoms with Crippen molar-refractivity contribution in [3.63, 3.8) is 0 Å². The van der Waals surface area contributed by atoms with E-state index in [-0.39, 0.29) is 23.3 Å². The van der Waals surface area contributed by atoms with Crippen molar-refractivity contribution in [1.82, 2.24) is 19.5 Å². The first-order chi connectivity index (χ1) is 23.1. The highest BCUT2D eigenvalue weighted by molar-refractivity contribution is 7.90. The molecule has 0 bridgehead atoms. The fourth-order valence-electron chi connectivity index (χ4n) is 9.49. The lowest BCUT2D eigenvalue weighted by atomic mass is 9.75. The van der Waals surface area contributed by atoms with E-state index in [1.54, 1.807) is 21.0 Å². The van der Waals surface area contributed by atoms with Crippen LogP contribution in [-0.2, 0) is 26.2 Å². The standard InChI is InChI=1S/C38H48N4O5S/c1-23(2)48(45,46)40-36(43)34-29-22-42-30(21-28-31(47-3)14-13-25(35(28)42)24-9-5-4-6-10-24)32-26(33(29)34)11-7-12-27(32)37(44)41-19-16-38(17-20-41)15-8-18-39-38/h7,11,13-14,21,23-24,27,32,39H,4-6,8-10,12,15-20,22H2,1-3H3,(H,40,43)/t27-,32?/m1/s1. The van der Waals surface area contributed by atoms with Crippen LogP contribution in [0.4, 0.5) is 0 Å². The van der Waals surface area contributed by atoms with Gasteiger partial charge in [-0.05, 0) is 106 Å². The highest BCUT2D eigenvalue weighted by Crippen LogP contribution is 2.55. The molecule has 2 atom stereocenters. The normalized spacial score (nSPS) is 25.3. The molecule has 3 fully saturated rings. The maximum atomic E-state index is 14.6. The third kappa shape index (κ3) is 5.16. The maximum Gasteiger partial charge on any atom is 0.265 e. The van der Waals surface area contributed by atoms with Gasteiger partial charge in [0.2, 0.25) is 15.9 Å². The molecule has 6 aliphatic rings. The van der Waals surface area contributed by atoms with Crippen molar-refractivity contribution < 1.29 is 22.7 Å². The van der Waals surface area contributed by atoms with E-state index in [4.69, 9.17) is 4.74 Å². The second-order valence-electron chi connectivity index (χ2n) is 15.2. The third-order valence-corrected chi connectivity index (χ3v) is 14.0. The molecule has 2 amide bonds. The molecule has 3 aliphatic heterocycles. The Morgan fingerprint density at radius 2 is 1.83 bits per heavy atom. The van der Waals surface area contributed by atoms with Gasteiger partial charge in [-0.3, -0.25) is 9.59 Å². The molecule has 10 heteroatoms. The van der Waals surface area contributed by atoms with Crippen LogP contribution in [0, 0.1) is 5.92 Å². The molecular weight excluding hydrogens is 625 g/mol. The van der Waals surface area contributed by atoms with Gasteiger partial charge in [0, 0.05) is 42.2 Å². The Balaban J connectivity index is 1.25. The number of benzene rings is 1. The second kappa shape index (κ2) is 11.9. The zero-order valence-corrected chi connectivity index (χ0v) is 29.3. The fraction of sp³-hybridized carbons (Fsp3) is 0.579. The maximum absolute atomic E-state index is 14.6. The minimum Gasteiger partial charge on any atom is -0.496 e. The molecule has 1 aromatic carbocycles. The van der Waals surface area contributed by atoms with Gasteiger partial charge in [0.05, 0.1) is 29.4 Å². The third-order valence-electron chi connectivity index (χ3n) is 12.3. The van der Waals surface area contributed by atoms with Gasteiger partial charge < -0.3 is 19.5 Å². The topological polar surface area (TPSA) is 110 Å². The lowest BCUT2D eigenvalue weighted by molar-refractivity contribution is -0.137. The van der Waals surface area contributed by atoms with Gasteiger partial charge in [-0.1, -0.05) is 37.5 Å². The van der Waals surface area contributed by atoms with E-state index in [2.05, 4.69) is 49.9 Å². The number of hydrogen-bond acceptors (Lipinski definition) is 6. The summed E-state index contributed by atoms with van der Waals surface area (Å²) >= 11 is 0. The quantitative estimate of drug-likeness (QED) is 0.415. The highest BCUT2D eigenvalue weighted by Gasteiger charge is 2.49. The Kier molecular flexibility index (Phi) is 7.90. The van der Waals surface area contributed by atoms with E-state index in [0.29, 0.717) is 24.5 Å². The summed E-state index contributed by atoms with van der Waals surface area (Å²) in [7, 11) is -2.10. The predicted molar refractivity (Wildman–Crippen MR) is 186 cm³/mol. The number of likely N-dealkylation sites (tertiary alicyclic amines) is 1. The summed E-state index contributed by atoms with van der Waals surface area (Å²) < 4.78 is 36.2. The van der Waals surface area contributed by atoms with Crippen molar-refractivity contribution in [3.8, 4) is 5.75 Å². The first-order valence-electron chi connectivity index (χ1n) is 18.1. The number of nitrogens with one attached hydrogen (secondary N) is 2. The molecule has 3 aliphatic carbocycles.